The minimum absolute atomic E-state index is 0.0532. The van der Waals surface area contributed by atoms with Crippen molar-refractivity contribution in [1.29, 1.82) is 0 Å². The third-order valence-electron chi connectivity index (χ3n) is 1.36. The lowest BCUT2D eigenvalue weighted by Gasteiger charge is -2.13. The SMILES string of the molecule is CC(=O)C1=NC(=O)C1=C(C)O. The summed E-state index contributed by atoms with van der Waals surface area (Å²) in [7, 11) is 0. The van der Waals surface area contributed by atoms with Gasteiger partial charge in [-0.1, -0.05) is 0 Å². The lowest BCUT2D eigenvalue weighted by Crippen LogP contribution is -2.30. The predicted octanol–water partition coefficient (Wildman–Crippen LogP) is 0.389. The van der Waals surface area contributed by atoms with Gasteiger partial charge in [-0.05, 0) is 6.92 Å². The van der Waals surface area contributed by atoms with Gasteiger partial charge < -0.3 is 5.11 Å². The summed E-state index contributed by atoms with van der Waals surface area (Å²) in [4.78, 5) is 24.6. The molecule has 0 aromatic carbocycles. The van der Waals surface area contributed by atoms with Crippen molar-refractivity contribution in [2.24, 2.45) is 4.99 Å². The number of amides is 1. The summed E-state index contributed by atoms with van der Waals surface area (Å²) in [6, 6.07) is 0. The first kappa shape index (κ1) is 7.65. The topological polar surface area (TPSA) is 66.7 Å². The Kier molecular flexibility index (Phi) is 1.60. The lowest BCUT2D eigenvalue weighted by atomic mass is 10.0. The second-order valence-electron chi connectivity index (χ2n) is 2.28. The molecule has 0 saturated heterocycles. The third kappa shape index (κ3) is 1.07. The molecule has 4 heteroatoms. The molecule has 0 spiro atoms. The Morgan fingerprint density at radius 2 is 2.00 bits per heavy atom. The molecule has 58 valence electrons. The van der Waals surface area contributed by atoms with Gasteiger partial charge in [0, 0.05) is 6.92 Å². The van der Waals surface area contributed by atoms with Gasteiger partial charge in [-0.15, -0.1) is 0 Å². The molecule has 0 saturated carbocycles. The average Bonchev–Trinajstić information content (AvgIpc) is 1.80. The number of carbonyl (C=O) groups excluding carboxylic acids is 2. The summed E-state index contributed by atoms with van der Waals surface area (Å²) >= 11 is 0. The Hall–Kier alpha value is -1.45. The van der Waals surface area contributed by atoms with Gasteiger partial charge in [-0.25, -0.2) is 4.99 Å². The number of Topliss-reactive ketones (excluding diaryl/α,β-unsaturated/α-hetero) is 1. The molecule has 0 fully saturated rings. The quantitative estimate of drug-likeness (QED) is 0.437. The van der Waals surface area contributed by atoms with Crippen LogP contribution in [-0.2, 0) is 9.59 Å². The number of allylic oxidation sites excluding steroid dienone is 1. The summed E-state index contributed by atoms with van der Waals surface area (Å²) in [5, 5.41) is 8.89. The van der Waals surface area contributed by atoms with E-state index in [0.29, 0.717) is 0 Å². The van der Waals surface area contributed by atoms with Crippen LogP contribution in [0.3, 0.4) is 0 Å². The first-order chi connectivity index (χ1) is 5.04. The molecule has 4 nitrogen and oxygen atoms in total. The van der Waals surface area contributed by atoms with Crippen molar-refractivity contribution in [3.05, 3.63) is 11.3 Å². The second-order valence-corrected chi connectivity index (χ2v) is 2.28. The molecule has 1 amide bonds. The van der Waals surface area contributed by atoms with Crippen LogP contribution in [0.5, 0.6) is 0 Å². The van der Waals surface area contributed by atoms with Gasteiger partial charge in [0.1, 0.15) is 17.0 Å². The van der Waals surface area contributed by atoms with Crippen LogP contribution in [0.25, 0.3) is 0 Å². The molecule has 1 aliphatic rings. The van der Waals surface area contributed by atoms with Gasteiger partial charge in [-0.2, -0.15) is 0 Å². The van der Waals surface area contributed by atoms with E-state index in [0.717, 1.165) is 0 Å². The largest absolute Gasteiger partial charge is 0.512 e. The fourth-order valence-corrected chi connectivity index (χ4v) is 0.843. The van der Waals surface area contributed by atoms with Gasteiger partial charge in [0.25, 0.3) is 5.91 Å². The highest BCUT2D eigenvalue weighted by Crippen LogP contribution is 2.16. The second kappa shape index (κ2) is 2.30. The molecule has 1 aliphatic heterocycles. The minimum Gasteiger partial charge on any atom is -0.512 e. The molecule has 1 rings (SSSR count). The van der Waals surface area contributed by atoms with E-state index >= 15 is 0 Å². The molecule has 0 unspecified atom stereocenters. The molecule has 0 aromatic heterocycles. The van der Waals surface area contributed by atoms with Crippen LogP contribution < -0.4 is 0 Å². The van der Waals surface area contributed by atoms with Gasteiger partial charge in [0.15, 0.2) is 5.78 Å². The standard InChI is InChI=1S/C7H7NO3/c1-3(9)5-6(4(2)10)8-7(5)11/h9H,1-2H3. The first-order valence-electron chi connectivity index (χ1n) is 3.08. The third-order valence-corrected chi connectivity index (χ3v) is 1.36. The summed E-state index contributed by atoms with van der Waals surface area (Å²) < 4.78 is 0. The number of aliphatic hydroxyl groups is 1. The Bertz CT molecular complexity index is 295. The van der Waals surface area contributed by atoms with E-state index in [4.69, 9.17) is 5.11 Å². The Morgan fingerprint density at radius 1 is 1.45 bits per heavy atom. The van der Waals surface area contributed by atoms with Crippen LogP contribution >= 0.6 is 0 Å². The van der Waals surface area contributed by atoms with E-state index in [1.807, 2.05) is 0 Å². The molecule has 0 aromatic rings. The number of nitrogens with zero attached hydrogens (tertiary/aromatic N) is 1. The Morgan fingerprint density at radius 3 is 2.18 bits per heavy atom. The highest BCUT2D eigenvalue weighted by Gasteiger charge is 2.31. The van der Waals surface area contributed by atoms with Gasteiger partial charge in [-0.3, -0.25) is 9.59 Å². The fourth-order valence-electron chi connectivity index (χ4n) is 0.843. The smallest absolute Gasteiger partial charge is 0.283 e. The maximum Gasteiger partial charge on any atom is 0.283 e. The van der Waals surface area contributed by atoms with Crippen LogP contribution in [0.4, 0.5) is 0 Å². The summed E-state index contributed by atoms with van der Waals surface area (Å²) in [5.41, 5.74) is 0.132. The summed E-state index contributed by atoms with van der Waals surface area (Å²) in [6.45, 7) is 2.65. The highest BCUT2D eigenvalue weighted by molar-refractivity contribution is 6.58. The molecule has 0 radical (unpaired) electrons. The number of aliphatic hydroxyl groups excluding tert-OH is 1. The zero-order valence-electron chi connectivity index (χ0n) is 6.21. The normalized spacial score (nSPS) is 20.5. The van der Waals surface area contributed by atoms with Gasteiger partial charge in [0.2, 0.25) is 0 Å². The van der Waals surface area contributed by atoms with Crippen LogP contribution in [0.2, 0.25) is 0 Å². The zero-order valence-corrected chi connectivity index (χ0v) is 6.21. The van der Waals surface area contributed by atoms with Crippen molar-refractivity contribution in [3.8, 4) is 0 Å². The first-order valence-corrected chi connectivity index (χ1v) is 3.08. The average molecular weight is 153 g/mol. The number of ketones is 1. The van der Waals surface area contributed by atoms with Crippen molar-refractivity contribution in [2.45, 2.75) is 13.8 Å². The van der Waals surface area contributed by atoms with E-state index in [1.165, 1.54) is 13.8 Å². The molecule has 11 heavy (non-hydrogen) atoms. The number of hydrogen-bond acceptors (Lipinski definition) is 3. The van der Waals surface area contributed by atoms with E-state index in [-0.39, 0.29) is 22.8 Å². The van der Waals surface area contributed by atoms with Crippen molar-refractivity contribution in [3.63, 3.8) is 0 Å². The molecular weight excluding hydrogens is 146 g/mol. The summed E-state index contributed by atoms with van der Waals surface area (Å²) in [6.07, 6.45) is 0. The van der Waals surface area contributed by atoms with Crippen LogP contribution in [0.1, 0.15) is 13.8 Å². The molecule has 1 heterocycles. The van der Waals surface area contributed by atoms with Crippen molar-refractivity contribution >= 4 is 17.4 Å². The van der Waals surface area contributed by atoms with E-state index in [9.17, 15) is 9.59 Å². The summed E-state index contributed by atoms with van der Waals surface area (Å²) in [5.74, 6) is -0.960. The number of rotatable bonds is 1. The molecule has 1 N–H and O–H groups in total. The lowest BCUT2D eigenvalue weighted by molar-refractivity contribution is -0.117. The number of aliphatic imine (C=N–C) groups is 1. The minimum atomic E-state index is -0.518. The van der Waals surface area contributed by atoms with Crippen LogP contribution in [0, 0.1) is 0 Å². The van der Waals surface area contributed by atoms with Crippen LogP contribution in [0.15, 0.2) is 16.3 Å². The Balaban J connectivity index is 3.08. The molecular formula is C7H7NO3. The monoisotopic (exact) mass is 153 g/mol. The van der Waals surface area contributed by atoms with Crippen molar-refractivity contribution in [1.82, 2.24) is 0 Å². The predicted molar refractivity (Wildman–Crippen MR) is 38.5 cm³/mol. The molecule has 0 bridgehead atoms. The van der Waals surface area contributed by atoms with Crippen molar-refractivity contribution in [2.75, 3.05) is 0 Å². The maximum absolute atomic E-state index is 10.7. The van der Waals surface area contributed by atoms with Gasteiger partial charge >= 0.3 is 0 Å². The maximum atomic E-state index is 10.7. The van der Waals surface area contributed by atoms with Crippen LogP contribution in [-0.4, -0.2) is 22.5 Å². The number of carbonyl (C=O) groups is 2. The van der Waals surface area contributed by atoms with Crippen molar-refractivity contribution < 1.29 is 14.7 Å². The van der Waals surface area contributed by atoms with E-state index in [2.05, 4.69) is 4.99 Å². The van der Waals surface area contributed by atoms with E-state index < -0.39 is 5.91 Å². The Labute approximate surface area is 63.2 Å². The zero-order chi connectivity index (χ0) is 8.59. The molecule has 0 atom stereocenters. The fraction of sp³-hybridized carbons (Fsp3) is 0.286. The highest BCUT2D eigenvalue weighted by atomic mass is 16.3. The number of hydrogen-bond donors (Lipinski definition) is 1. The molecule has 0 aliphatic carbocycles. The van der Waals surface area contributed by atoms with E-state index in [1.54, 1.807) is 0 Å². The van der Waals surface area contributed by atoms with Gasteiger partial charge in [0.05, 0.1) is 0 Å².